The number of nitrogens with one attached hydrogen (secondary N) is 1. The molecule has 1 atom stereocenters. The molecule has 2 aromatic rings. The smallest absolute Gasteiger partial charge is 0.160 e. The molecule has 3 heterocycles. The number of hydrogen-bond donors (Lipinski definition) is 1. The van der Waals surface area contributed by atoms with Crippen LogP contribution in [0.15, 0.2) is 24.4 Å². The lowest BCUT2D eigenvalue weighted by Crippen LogP contribution is -2.31. The maximum atomic E-state index is 4.26. The minimum atomic E-state index is 0.334. The van der Waals surface area contributed by atoms with Crippen molar-refractivity contribution in [3.63, 3.8) is 0 Å². The van der Waals surface area contributed by atoms with Gasteiger partial charge in [0.1, 0.15) is 0 Å². The van der Waals surface area contributed by atoms with E-state index in [9.17, 15) is 0 Å². The Labute approximate surface area is 92.1 Å². The SMILES string of the molecule is c1ccn2c(C3CSCCN3)nnc2c1. The van der Waals surface area contributed by atoms with Gasteiger partial charge in [0.05, 0.1) is 6.04 Å². The number of rotatable bonds is 1. The van der Waals surface area contributed by atoms with Gasteiger partial charge in [-0.2, -0.15) is 11.8 Å². The van der Waals surface area contributed by atoms with Crippen LogP contribution in [-0.4, -0.2) is 32.6 Å². The minimum Gasteiger partial charge on any atom is -0.306 e. The predicted octanol–water partition coefficient (Wildman–Crippen LogP) is 1.11. The van der Waals surface area contributed by atoms with Gasteiger partial charge < -0.3 is 5.32 Å². The third-order valence-electron chi connectivity index (χ3n) is 2.57. The summed E-state index contributed by atoms with van der Waals surface area (Å²) >= 11 is 1.97. The van der Waals surface area contributed by atoms with Crippen molar-refractivity contribution in [1.82, 2.24) is 19.9 Å². The third-order valence-corrected chi connectivity index (χ3v) is 3.64. The predicted molar refractivity (Wildman–Crippen MR) is 61.1 cm³/mol. The molecule has 15 heavy (non-hydrogen) atoms. The average molecular weight is 220 g/mol. The first-order chi connectivity index (χ1) is 7.45. The Morgan fingerprint density at radius 1 is 1.40 bits per heavy atom. The van der Waals surface area contributed by atoms with Gasteiger partial charge in [-0.15, -0.1) is 10.2 Å². The van der Waals surface area contributed by atoms with E-state index in [0.29, 0.717) is 6.04 Å². The normalized spacial score (nSPS) is 22.0. The van der Waals surface area contributed by atoms with E-state index in [1.165, 1.54) is 5.75 Å². The van der Waals surface area contributed by atoms with Crippen LogP contribution in [0.5, 0.6) is 0 Å². The quantitative estimate of drug-likeness (QED) is 0.781. The van der Waals surface area contributed by atoms with Crippen molar-refractivity contribution < 1.29 is 0 Å². The number of thioether (sulfide) groups is 1. The van der Waals surface area contributed by atoms with Gasteiger partial charge in [0.2, 0.25) is 0 Å². The van der Waals surface area contributed by atoms with Gasteiger partial charge in [0.25, 0.3) is 0 Å². The highest BCUT2D eigenvalue weighted by Crippen LogP contribution is 2.20. The molecule has 1 N–H and O–H groups in total. The van der Waals surface area contributed by atoms with E-state index in [2.05, 4.69) is 19.9 Å². The fourth-order valence-corrected chi connectivity index (χ4v) is 2.76. The molecule has 3 rings (SSSR count). The third kappa shape index (κ3) is 1.61. The first-order valence-electron chi connectivity index (χ1n) is 5.06. The van der Waals surface area contributed by atoms with E-state index in [0.717, 1.165) is 23.8 Å². The molecule has 1 saturated heterocycles. The molecule has 1 aliphatic heterocycles. The molecular weight excluding hydrogens is 208 g/mol. The van der Waals surface area contributed by atoms with E-state index in [-0.39, 0.29) is 0 Å². The van der Waals surface area contributed by atoms with Crippen LogP contribution in [0.1, 0.15) is 11.9 Å². The summed E-state index contributed by atoms with van der Waals surface area (Å²) in [6.07, 6.45) is 2.02. The molecule has 0 amide bonds. The lowest BCUT2D eigenvalue weighted by atomic mass is 10.3. The summed E-state index contributed by atoms with van der Waals surface area (Å²) in [7, 11) is 0. The van der Waals surface area contributed by atoms with Gasteiger partial charge in [-0.25, -0.2) is 0 Å². The van der Waals surface area contributed by atoms with Gasteiger partial charge in [-0.05, 0) is 12.1 Å². The molecule has 5 heteroatoms. The van der Waals surface area contributed by atoms with Crippen LogP contribution in [0.3, 0.4) is 0 Å². The van der Waals surface area contributed by atoms with Crippen LogP contribution < -0.4 is 5.32 Å². The van der Waals surface area contributed by atoms with Gasteiger partial charge in [0.15, 0.2) is 11.5 Å². The Morgan fingerprint density at radius 3 is 3.27 bits per heavy atom. The van der Waals surface area contributed by atoms with Crippen LogP contribution in [0.4, 0.5) is 0 Å². The van der Waals surface area contributed by atoms with E-state index in [1.807, 2.05) is 36.2 Å². The second kappa shape index (κ2) is 3.83. The van der Waals surface area contributed by atoms with Crippen LogP contribution in [-0.2, 0) is 0 Å². The Balaban J connectivity index is 2.02. The van der Waals surface area contributed by atoms with Crippen LogP contribution >= 0.6 is 11.8 Å². The maximum absolute atomic E-state index is 4.26. The molecule has 1 unspecified atom stereocenters. The Morgan fingerprint density at radius 2 is 2.40 bits per heavy atom. The van der Waals surface area contributed by atoms with Gasteiger partial charge in [-0.3, -0.25) is 4.40 Å². The molecule has 0 aromatic carbocycles. The number of hydrogen-bond acceptors (Lipinski definition) is 4. The molecule has 0 radical (unpaired) electrons. The zero-order valence-electron chi connectivity index (χ0n) is 8.26. The van der Waals surface area contributed by atoms with Gasteiger partial charge >= 0.3 is 0 Å². The number of pyridine rings is 1. The van der Waals surface area contributed by atoms with Crippen molar-refractivity contribution in [2.45, 2.75) is 6.04 Å². The van der Waals surface area contributed by atoms with Crippen LogP contribution in [0.25, 0.3) is 5.65 Å². The largest absolute Gasteiger partial charge is 0.306 e. The Hall–Kier alpha value is -1.07. The molecule has 0 saturated carbocycles. The van der Waals surface area contributed by atoms with Gasteiger partial charge in [-0.1, -0.05) is 6.07 Å². The Kier molecular flexibility index (Phi) is 2.34. The molecular formula is C10H12N4S. The van der Waals surface area contributed by atoms with Crippen molar-refractivity contribution in [1.29, 1.82) is 0 Å². The second-order valence-electron chi connectivity index (χ2n) is 3.57. The highest BCUT2D eigenvalue weighted by Gasteiger charge is 2.19. The van der Waals surface area contributed by atoms with Crippen LogP contribution in [0.2, 0.25) is 0 Å². The molecule has 1 aliphatic rings. The zero-order valence-corrected chi connectivity index (χ0v) is 9.07. The van der Waals surface area contributed by atoms with Crippen LogP contribution in [0, 0.1) is 0 Å². The zero-order chi connectivity index (χ0) is 10.1. The highest BCUT2D eigenvalue weighted by molar-refractivity contribution is 7.99. The van der Waals surface area contributed by atoms with Crippen molar-refractivity contribution in [2.75, 3.05) is 18.1 Å². The summed E-state index contributed by atoms with van der Waals surface area (Å²) in [6.45, 7) is 1.05. The van der Waals surface area contributed by atoms with Crippen molar-refractivity contribution in [3.05, 3.63) is 30.2 Å². The summed E-state index contributed by atoms with van der Waals surface area (Å²) in [6, 6.07) is 6.31. The molecule has 2 aromatic heterocycles. The maximum Gasteiger partial charge on any atom is 0.160 e. The monoisotopic (exact) mass is 220 g/mol. The van der Waals surface area contributed by atoms with Crippen molar-refractivity contribution >= 4 is 17.4 Å². The first-order valence-corrected chi connectivity index (χ1v) is 6.21. The summed E-state index contributed by atoms with van der Waals surface area (Å²) in [5, 5.41) is 11.9. The highest BCUT2D eigenvalue weighted by atomic mass is 32.2. The summed E-state index contributed by atoms with van der Waals surface area (Å²) in [5.74, 6) is 3.29. The fourth-order valence-electron chi connectivity index (χ4n) is 1.83. The first kappa shape index (κ1) is 9.18. The number of fused-ring (bicyclic) bond motifs is 1. The van der Waals surface area contributed by atoms with E-state index < -0.39 is 0 Å². The van der Waals surface area contributed by atoms with Crippen molar-refractivity contribution in [2.24, 2.45) is 0 Å². The van der Waals surface area contributed by atoms with Crippen molar-refractivity contribution in [3.8, 4) is 0 Å². The Bertz CT molecular complexity index is 461. The minimum absolute atomic E-state index is 0.334. The number of nitrogens with zero attached hydrogens (tertiary/aromatic N) is 3. The molecule has 4 nitrogen and oxygen atoms in total. The lowest BCUT2D eigenvalue weighted by Gasteiger charge is -2.21. The van der Waals surface area contributed by atoms with E-state index >= 15 is 0 Å². The molecule has 1 fully saturated rings. The summed E-state index contributed by atoms with van der Waals surface area (Å²) in [5.41, 5.74) is 0.921. The van der Waals surface area contributed by atoms with E-state index in [1.54, 1.807) is 0 Å². The summed E-state index contributed by atoms with van der Waals surface area (Å²) < 4.78 is 2.06. The lowest BCUT2D eigenvalue weighted by molar-refractivity contribution is 0.559. The molecule has 0 bridgehead atoms. The number of aromatic nitrogens is 3. The molecule has 78 valence electrons. The average Bonchev–Trinajstić information content (AvgIpc) is 2.74. The second-order valence-corrected chi connectivity index (χ2v) is 4.72. The molecule has 0 spiro atoms. The summed E-state index contributed by atoms with van der Waals surface area (Å²) in [4.78, 5) is 0. The standard InChI is InChI=1S/C10H12N4S/c1-2-5-14-9(3-1)12-13-10(14)8-7-15-6-4-11-8/h1-3,5,8,11H,4,6-7H2. The van der Waals surface area contributed by atoms with E-state index in [4.69, 9.17) is 0 Å². The fraction of sp³-hybridized carbons (Fsp3) is 0.400. The molecule has 0 aliphatic carbocycles. The van der Waals surface area contributed by atoms with Gasteiger partial charge in [0, 0.05) is 24.2 Å². The topological polar surface area (TPSA) is 42.2 Å².